The summed E-state index contributed by atoms with van der Waals surface area (Å²) in [6, 6.07) is 1.19. The van der Waals surface area contributed by atoms with Gasteiger partial charge in [-0.15, -0.1) is 0 Å². The van der Waals surface area contributed by atoms with E-state index >= 15 is 0 Å². The van der Waals surface area contributed by atoms with E-state index in [4.69, 9.17) is 9.47 Å². The van der Waals surface area contributed by atoms with Crippen molar-refractivity contribution in [1.82, 2.24) is 10.2 Å². The van der Waals surface area contributed by atoms with E-state index < -0.39 is 5.60 Å². The van der Waals surface area contributed by atoms with Crippen LogP contribution in [0.4, 0.5) is 4.79 Å². The van der Waals surface area contributed by atoms with E-state index in [-0.39, 0.29) is 12.1 Å². The predicted molar refractivity (Wildman–Crippen MR) is 84.5 cm³/mol. The Morgan fingerprint density at radius 1 is 1.29 bits per heavy atom. The van der Waals surface area contributed by atoms with Gasteiger partial charge in [-0.25, -0.2) is 4.79 Å². The van der Waals surface area contributed by atoms with E-state index in [1.165, 1.54) is 0 Å². The monoisotopic (exact) mass is 300 g/mol. The van der Waals surface area contributed by atoms with Crippen LogP contribution in [-0.4, -0.2) is 55.5 Å². The molecule has 0 radical (unpaired) electrons. The SMILES string of the molecule is COCC(C)NC1CCC(N(C)C(=O)OC(C)(C)C)CC1. The Morgan fingerprint density at radius 3 is 2.33 bits per heavy atom. The van der Waals surface area contributed by atoms with Crippen LogP contribution < -0.4 is 5.32 Å². The first-order valence-corrected chi connectivity index (χ1v) is 7.93. The fraction of sp³-hybridized carbons (Fsp3) is 0.938. The second-order valence-electron chi connectivity index (χ2n) is 7.12. The molecular formula is C16H32N2O3. The smallest absolute Gasteiger partial charge is 0.410 e. The van der Waals surface area contributed by atoms with Gasteiger partial charge >= 0.3 is 6.09 Å². The topological polar surface area (TPSA) is 50.8 Å². The zero-order chi connectivity index (χ0) is 16.0. The van der Waals surface area contributed by atoms with Crippen molar-refractivity contribution >= 4 is 6.09 Å². The van der Waals surface area contributed by atoms with Crippen LogP contribution >= 0.6 is 0 Å². The van der Waals surface area contributed by atoms with Crippen molar-refractivity contribution in [3.05, 3.63) is 0 Å². The zero-order valence-electron chi connectivity index (χ0n) is 14.4. The van der Waals surface area contributed by atoms with Crippen LogP contribution in [0.25, 0.3) is 0 Å². The molecule has 21 heavy (non-hydrogen) atoms. The minimum atomic E-state index is -0.431. The van der Waals surface area contributed by atoms with Crippen LogP contribution in [0, 0.1) is 0 Å². The molecule has 124 valence electrons. The Kier molecular flexibility index (Phi) is 6.94. The van der Waals surface area contributed by atoms with Crippen LogP contribution in [0.3, 0.4) is 0 Å². The van der Waals surface area contributed by atoms with Gasteiger partial charge in [0.15, 0.2) is 0 Å². The second-order valence-corrected chi connectivity index (χ2v) is 7.12. The summed E-state index contributed by atoms with van der Waals surface area (Å²) < 4.78 is 10.6. The zero-order valence-corrected chi connectivity index (χ0v) is 14.4. The average molecular weight is 300 g/mol. The molecule has 0 saturated heterocycles. The van der Waals surface area contributed by atoms with Gasteiger partial charge in [0.25, 0.3) is 0 Å². The highest BCUT2D eigenvalue weighted by atomic mass is 16.6. The van der Waals surface area contributed by atoms with Crippen LogP contribution in [-0.2, 0) is 9.47 Å². The maximum atomic E-state index is 12.1. The van der Waals surface area contributed by atoms with Crippen molar-refractivity contribution in [2.45, 2.75) is 77.1 Å². The summed E-state index contributed by atoms with van der Waals surface area (Å²) in [5.41, 5.74) is -0.431. The first-order chi connectivity index (χ1) is 9.73. The van der Waals surface area contributed by atoms with Crippen molar-refractivity contribution in [2.75, 3.05) is 20.8 Å². The third kappa shape index (κ3) is 6.66. The van der Waals surface area contributed by atoms with Crippen molar-refractivity contribution in [3.8, 4) is 0 Å². The van der Waals surface area contributed by atoms with E-state index in [2.05, 4.69) is 12.2 Å². The Bertz CT molecular complexity index is 320. The number of carbonyl (C=O) groups excluding carboxylic acids is 1. The molecule has 0 aromatic rings. The number of hydrogen-bond donors (Lipinski definition) is 1. The van der Waals surface area contributed by atoms with Gasteiger partial charge in [0.2, 0.25) is 0 Å². The molecule has 0 aromatic heterocycles. The minimum absolute atomic E-state index is 0.216. The van der Waals surface area contributed by atoms with Crippen molar-refractivity contribution < 1.29 is 14.3 Å². The molecule has 5 nitrogen and oxygen atoms in total. The van der Waals surface area contributed by atoms with Crippen molar-refractivity contribution in [1.29, 1.82) is 0 Å². The first kappa shape index (κ1) is 18.2. The van der Waals surface area contributed by atoms with Crippen LogP contribution in [0.15, 0.2) is 0 Å². The van der Waals surface area contributed by atoms with Gasteiger partial charge in [0.05, 0.1) is 6.61 Å². The van der Waals surface area contributed by atoms with Gasteiger partial charge in [-0.2, -0.15) is 0 Å². The Morgan fingerprint density at radius 2 is 1.86 bits per heavy atom. The number of carbonyl (C=O) groups is 1. The standard InChI is InChI=1S/C16H32N2O3/c1-12(11-20-6)17-13-7-9-14(10-8-13)18(5)15(19)21-16(2,3)4/h12-14,17H,7-11H2,1-6H3. The Hall–Kier alpha value is -0.810. The largest absolute Gasteiger partial charge is 0.444 e. The van der Waals surface area contributed by atoms with Gasteiger partial charge in [0.1, 0.15) is 5.60 Å². The summed E-state index contributed by atoms with van der Waals surface area (Å²) in [5, 5.41) is 3.59. The molecule has 0 heterocycles. The van der Waals surface area contributed by atoms with Crippen LogP contribution in [0.2, 0.25) is 0 Å². The molecule has 1 atom stereocenters. The van der Waals surface area contributed by atoms with Crippen LogP contribution in [0.5, 0.6) is 0 Å². The first-order valence-electron chi connectivity index (χ1n) is 7.93. The lowest BCUT2D eigenvalue weighted by atomic mass is 9.90. The van der Waals surface area contributed by atoms with Crippen LogP contribution in [0.1, 0.15) is 53.4 Å². The van der Waals surface area contributed by atoms with E-state index in [9.17, 15) is 4.79 Å². The fourth-order valence-corrected chi connectivity index (χ4v) is 2.81. The second kappa shape index (κ2) is 7.99. The number of methoxy groups -OCH3 is 1. The average Bonchev–Trinajstić information content (AvgIpc) is 2.37. The van der Waals surface area contributed by atoms with Crippen molar-refractivity contribution in [2.24, 2.45) is 0 Å². The molecule has 1 saturated carbocycles. The van der Waals surface area contributed by atoms with Gasteiger partial charge in [-0.1, -0.05) is 0 Å². The van der Waals surface area contributed by atoms with Gasteiger partial charge < -0.3 is 19.7 Å². The molecule has 1 aliphatic rings. The lowest BCUT2D eigenvalue weighted by Crippen LogP contribution is -2.47. The summed E-state index contributed by atoms with van der Waals surface area (Å²) in [7, 11) is 3.57. The van der Waals surface area contributed by atoms with E-state index in [0.29, 0.717) is 12.1 Å². The molecule has 0 spiro atoms. The summed E-state index contributed by atoms with van der Waals surface area (Å²) in [4.78, 5) is 13.8. The van der Waals surface area contributed by atoms with E-state index in [1.807, 2.05) is 27.8 Å². The fourth-order valence-electron chi connectivity index (χ4n) is 2.81. The molecule has 0 aromatic carbocycles. The molecule has 1 rings (SSSR count). The lowest BCUT2D eigenvalue weighted by molar-refractivity contribution is 0.0176. The number of ether oxygens (including phenoxy) is 2. The normalized spacial score (nSPS) is 24.5. The van der Waals surface area contributed by atoms with E-state index in [0.717, 1.165) is 32.3 Å². The number of amides is 1. The quantitative estimate of drug-likeness (QED) is 0.848. The number of hydrogen-bond acceptors (Lipinski definition) is 4. The molecule has 0 aliphatic heterocycles. The summed E-state index contributed by atoms with van der Waals surface area (Å²) >= 11 is 0. The highest BCUT2D eigenvalue weighted by molar-refractivity contribution is 5.68. The molecule has 1 N–H and O–H groups in total. The number of nitrogens with one attached hydrogen (secondary N) is 1. The molecule has 1 fully saturated rings. The third-order valence-corrected chi connectivity index (χ3v) is 3.86. The lowest BCUT2D eigenvalue weighted by Gasteiger charge is -2.36. The predicted octanol–water partition coefficient (Wildman–Crippen LogP) is 2.79. The van der Waals surface area contributed by atoms with Gasteiger partial charge in [0, 0.05) is 32.3 Å². The number of nitrogens with zero attached hydrogens (tertiary/aromatic N) is 1. The van der Waals surface area contributed by atoms with E-state index in [1.54, 1.807) is 12.0 Å². The Balaban J connectivity index is 2.36. The van der Waals surface area contributed by atoms with Crippen molar-refractivity contribution in [3.63, 3.8) is 0 Å². The summed E-state index contributed by atoms with van der Waals surface area (Å²) in [5.74, 6) is 0. The molecule has 1 aliphatic carbocycles. The molecule has 0 bridgehead atoms. The molecule has 5 heteroatoms. The minimum Gasteiger partial charge on any atom is -0.444 e. The number of rotatable bonds is 5. The molecule has 1 unspecified atom stereocenters. The van der Waals surface area contributed by atoms with Gasteiger partial charge in [-0.05, 0) is 53.4 Å². The Labute approximate surface area is 129 Å². The summed E-state index contributed by atoms with van der Waals surface area (Å²) in [6.07, 6.45) is 4.00. The highest BCUT2D eigenvalue weighted by Gasteiger charge is 2.29. The third-order valence-electron chi connectivity index (χ3n) is 3.86. The molecular weight excluding hydrogens is 268 g/mol. The highest BCUT2D eigenvalue weighted by Crippen LogP contribution is 2.24. The maximum absolute atomic E-state index is 12.1. The van der Waals surface area contributed by atoms with Gasteiger partial charge in [-0.3, -0.25) is 0 Å². The summed E-state index contributed by atoms with van der Waals surface area (Å²) in [6.45, 7) is 8.57. The maximum Gasteiger partial charge on any atom is 0.410 e. The molecule has 1 amide bonds.